The number of carbonyl (C=O) groups is 1. The second-order valence-electron chi connectivity index (χ2n) is 5.72. The molecule has 0 atom stereocenters. The van der Waals surface area contributed by atoms with Gasteiger partial charge in [-0.3, -0.25) is 4.79 Å². The van der Waals surface area contributed by atoms with E-state index in [1.54, 1.807) is 0 Å². The van der Waals surface area contributed by atoms with E-state index >= 15 is 0 Å². The summed E-state index contributed by atoms with van der Waals surface area (Å²) in [6.45, 7) is 1.77. The van der Waals surface area contributed by atoms with Gasteiger partial charge in [-0.1, -0.05) is 0 Å². The highest BCUT2D eigenvalue weighted by molar-refractivity contribution is 5.92. The van der Waals surface area contributed by atoms with Crippen molar-refractivity contribution in [3.63, 3.8) is 0 Å². The molecule has 0 unspecified atom stereocenters. The number of aromatic nitrogens is 1. The van der Waals surface area contributed by atoms with E-state index in [-0.39, 0.29) is 5.91 Å². The van der Waals surface area contributed by atoms with Crippen molar-refractivity contribution in [1.29, 1.82) is 0 Å². The molecular formula is C15H23N3O. The second-order valence-corrected chi connectivity index (χ2v) is 5.72. The van der Waals surface area contributed by atoms with Gasteiger partial charge in [-0.25, -0.2) is 0 Å². The number of nitrogens with one attached hydrogen (secondary N) is 2. The Labute approximate surface area is 114 Å². The maximum atomic E-state index is 12.1. The molecule has 1 heterocycles. The van der Waals surface area contributed by atoms with E-state index in [9.17, 15) is 4.79 Å². The summed E-state index contributed by atoms with van der Waals surface area (Å²) < 4.78 is 2.14. The Bertz CT molecular complexity index is 432. The number of rotatable bonds is 7. The Kier molecular flexibility index (Phi) is 3.87. The minimum atomic E-state index is 0.0725. The highest BCUT2D eigenvalue weighted by atomic mass is 16.1. The summed E-state index contributed by atoms with van der Waals surface area (Å²) in [6.07, 6.45) is 9.39. The molecule has 2 aliphatic carbocycles. The highest BCUT2D eigenvalue weighted by Gasteiger charge is 2.23. The SMILES string of the molecule is O=C(NCCCNC1CC1)c1cccn1C1CCC1. The molecule has 4 heteroatoms. The third-order valence-electron chi connectivity index (χ3n) is 4.13. The zero-order chi connectivity index (χ0) is 13.1. The van der Waals surface area contributed by atoms with Gasteiger partial charge in [0.1, 0.15) is 5.69 Å². The summed E-state index contributed by atoms with van der Waals surface area (Å²) in [7, 11) is 0. The molecule has 1 amide bonds. The van der Waals surface area contributed by atoms with Gasteiger partial charge in [-0.2, -0.15) is 0 Å². The van der Waals surface area contributed by atoms with Gasteiger partial charge in [0.25, 0.3) is 5.91 Å². The van der Waals surface area contributed by atoms with Crippen molar-refractivity contribution in [2.24, 2.45) is 0 Å². The first-order valence-corrected chi connectivity index (χ1v) is 7.53. The molecule has 0 aliphatic heterocycles. The van der Waals surface area contributed by atoms with Gasteiger partial charge in [-0.05, 0) is 57.2 Å². The van der Waals surface area contributed by atoms with Gasteiger partial charge in [0, 0.05) is 24.8 Å². The molecule has 2 saturated carbocycles. The molecule has 1 aromatic heterocycles. The molecule has 3 rings (SSSR count). The standard InChI is InChI=1S/C15H23N3O/c19-15(17-10-3-9-16-12-7-8-12)14-6-2-11-18(14)13-4-1-5-13/h2,6,11-13,16H,1,3-5,7-10H2,(H,17,19). The number of carbonyl (C=O) groups excluding carboxylic acids is 1. The summed E-state index contributed by atoms with van der Waals surface area (Å²) in [4.78, 5) is 12.1. The fraction of sp³-hybridized carbons (Fsp3) is 0.667. The van der Waals surface area contributed by atoms with E-state index in [4.69, 9.17) is 0 Å². The molecule has 0 saturated heterocycles. The van der Waals surface area contributed by atoms with Crippen LogP contribution in [0.3, 0.4) is 0 Å². The van der Waals surface area contributed by atoms with Crippen LogP contribution in [0.2, 0.25) is 0 Å². The Morgan fingerprint density at radius 1 is 1.26 bits per heavy atom. The van der Waals surface area contributed by atoms with Gasteiger partial charge < -0.3 is 15.2 Å². The van der Waals surface area contributed by atoms with Crippen LogP contribution in [-0.2, 0) is 0 Å². The molecule has 2 fully saturated rings. The van der Waals surface area contributed by atoms with Crippen molar-refractivity contribution < 1.29 is 4.79 Å². The largest absolute Gasteiger partial charge is 0.351 e. The average Bonchev–Trinajstić information content (AvgIpc) is 3.04. The van der Waals surface area contributed by atoms with Gasteiger partial charge in [0.2, 0.25) is 0 Å². The van der Waals surface area contributed by atoms with E-state index in [0.717, 1.165) is 31.2 Å². The summed E-state index contributed by atoms with van der Waals surface area (Å²) in [5.41, 5.74) is 0.819. The third-order valence-corrected chi connectivity index (χ3v) is 4.13. The van der Waals surface area contributed by atoms with Crippen LogP contribution < -0.4 is 10.6 Å². The van der Waals surface area contributed by atoms with Gasteiger partial charge in [0.15, 0.2) is 0 Å². The van der Waals surface area contributed by atoms with E-state index in [1.165, 1.54) is 32.1 Å². The lowest BCUT2D eigenvalue weighted by Crippen LogP contribution is -2.31. The van der Waals surface area contributed by atoms with Crippen molar-refractivity contribution >= 4 is 5.91 Å². The van der Waals surface area contributed by atoms with Crippen LogP contribution in [0, 0.1) is 0 Å². The molecule has 104 valence electrons. The van der Waals surface area contributed by atoms with E-state index < -0.39 is 0 Å². The predicted molar refractivity (Wildman–Crippen MR) is 75.3 cm³/mol. The maximum absolute atomic E-state index is 12.1. The van der Waals surface area contributed by atoms with Crippen molar-refractivity contribution in [1.82, 2.24) is 15.2 Å². The summed E-state index contributed by atoms with van der Waals surface area (Å²) in [5, 5.41) is 6.48. The zero-order valence-corrected chi connectivity index (χ0v) is 11.4. The zero-order valence-electron chi connectivity index (χ0n) is 11.4. The molecule has 0 radical (unpaired) electrons. The van der Waals surface area contributed by atoms with Crippen molar-refractivity contribution in [3.8, 4) is 0 Å². The van der Waals surface area contributed by atoms with Crippen LogP contribution in [-0.4, -0.2) is 29.6 Å². The van der Waals surface area contributed by atoms with Gasteiger partial charge in [0.05, 0.1) is 0 Å². The fourth-order valence-corrected chi connectivity index (χ4v) is 2.54. The summed E-state index contributed by atoms with van der Waals surface area (Å²) >= 11 is 0. The third kappa shape index (κ3) is 3.18. The van der Waals surface area contributed by atoms with Crippen LogP contribution in [0.25, 0.3) is 0 Å². The van der Waals surface area contributed by atoms with E-state index in [1.807, 2.05) is 18.3 Å². The highest BCUT2D eigenvalue weighted by Crippen LogP contribution is 2.32. The lowest BCUT2D eigenvalue weighted by atomic mass is 9.93. The number of hydrogen-bond acceptors (Lipinski definition) is 2. The van der Waals surface area contributed by atoms with Crippen molar-refractivity contribution in [3.05, 3.63) is 24.0 Å². The monoisotopic (exact) mass is 261 g/mol. The van der Waals surface area contributed by atoms with Crippen LogP contribution in [0.1, 0.15) is 55.1 Å². The quantitative estimate of drug-likeness (QED) is 0.738. The molecule has 0 bridgehead atoms. The first-order chi connectivity index (χ1) is 9.34. The van der Waals surface area contributed by atoms with Gasteiger partial charge >= 0.3 is 0 Å². The second kappa shape index (κ2) is 5.78. The predicted octanol–water partition coefficient (Wildman–Crippen LogP) is 2.08. The Balaban J connectivity index is 1.42. The average molecular weight is 261 g/mol. The van der Waals surface area contributed by atoms with Gasteiger partial charge in [-0.15, -0.1) is 0 Å². The summed E-state index contributed by atoms with van der Waals surface area (Å²) in [5.74, 6) is 0.0725. The molecule has 1 aromatic rings. The van der Waals surface area contributed by atoms with Crippen molar-refractivity contribution in [2.75, 3.05) is 13.1 Å². The topological polar surface area (TPSA) is 46.1 Å². The summed E-state index contributed by atoms with van der Waals surface area (Å²) in [6, 6.07) is 5.21. The van der Waals surface area contributed by atoms with E-state index in [2.05, 4.69) is 15.2 Å². The minimum absolute atomic E-state index is 0.0725. The maximum Gasteiger partial charge on any atom is 0.267 e. The molecular weight excluding hydrogens is 238 g/mol. The van der Waals surface area contributed by atoms with Crippen molar-refractivity contribution in [2.45, 2.75) is 50.6 Å². The van der Waals surface area contributed by atoms with Crippen LogP contribution >= 0.6 is 0 Å². The van der Waals surface area contributed by atoms with Crippen LogP contribution in [0.5, 0.6) is 0 Å². The Morgan fingerprint density at radius 3 is 2.79 bits per heavy atom. The van der Waals surface area contributed by atoms with Crippen LogP contribution in [0.4, 0.5) is 0 Å². The molecule has 4 nitrogen and oxygen atoms in total. The molecule has 2 N–H and O–H groups in total. The normalized spacial score (nSPS) is 19.2. The number of hydrogen-bond donors (Lipinski definition) is 2. The molecule has 0 spiro atoms. The smallest absolute Gasteiger partial charge is 0.267 e. The molecule has 0 aromatic carbocycles. The number of amides is 1. The number of nitrogens with zero attached hydrogens (tertiary/aromatic N) is 1. The first-order valence-electron chi connectivity index (χ1n) is 7.53. The van der Waals surface area contributed by atoms with E-state index in [0.29, 0.717) is 6.04 Å². The molecule has 2 aliphatic rings. The fourth-order valence-electron chi connectivity index (χ4n) is 2.54. The van der Waals surface area contributed by atoms with Crippen LogP contribution in [0.15, 0.2) is 18.3 Å². The first kappa shape index (κ1) is 12.7. The lowest BCUT2D eigenvalue weighted by molar-refractivity contribution is 0.0938. The molecule has 19 heavy (non-hydrogen) atoms. The Hall–Kier alpha value is -1.29. The Morgan fingerprint density at radius 2 is 2.11 bits per heavy atom. The minimum Gasteiger partial charge on any atom is -0.351 e. The lowest BCUT2D eigenvalue weighted by Gasteiger charge is -2.28.